The molecule has 6 nitrogen and oxygen atoms in total. The minimum Gasteiger partial charge on any atom is -0.409 e. The highest BCUT2D eigenvalue weighted by Gasteiger charge is 2.13. The maximum atomic E-state index is 8.92. The van der Waals surface area contributed by atoms with E-state index in [1.807, 2.05) is 24.3 Å². The van der Waals surface area contributed by atoms with E-state index < -0.39 is 0 Å². The molecule has 0 radical (unpaired) electrons. The van der Waals surface area contributed by atoms with Gasteiger partial charge < -0.3 is 10.9 Å². The van der Waals surface area contributed by atoms with Crippen molar-refractivity contribution in [3.05, 3.63) is 53.3 Å². The molecule has 20 heavy (non-hydrogen) atoms. The average Bonchev–Trinajstić information content (AvgIpc) is 2.91. The highest BCUT2D eigenvalue weighted by atomic mass is 35.5. The largest absolute Gasteiger partial charge is 0.409 e. The first-order valence-corrected chi connectivity index (χ1v) is 6.15. The number of hydrogen-bond donors (Lipinski definition) is 2. The Kier molecular flexibility index (Phi) is 3.00. The van der Waals surface area contributed by atoms with Crippen LogP contribution < -0.4 is 5.73 Å². The minimum atomic E-state index is -0.0372. The van der Waals surface area contributed by atoms with Gasteiger partial charge in [0.2, 0.25) is 0 Å². The SMILES string of the molecule is NC(=NO)c1cc2ccccc2nc1-n1cc(Cl)cn1. The highest BCUT2D eigenvalue weighted by molar-refractivity contribution is 6.30. The second-order valence-electron chi connectivity index (χ2n) is 4.14. The third kappa shape index (κ3) is 2.06. The number of nitrogens with zero attached hydrogens (tertiary/aromatic N) is 4. The summed E-state index contributed by atoms with van der Waals surface area (Å²) in [5.41, 5.74) is 6.98. The smallest absolute Gasteiger partial charge is 0.173 e. The molecule has 0 unspecified atom stereocenters. The van der Waals surface area contributed by atoms with Gasteiger partial charge in [0.1, 0.15) is 0 Å². The summed E-state index contributed by atoms with van der Waals surface area (Å²) in [5, 5.41) is 17.4. The van der Waals surface area contributed by atoms with E-state index in [9.17, 15) is 0 Å². The molecule has 100 valence electrons. The van der Waals surface area contributed by atoms with Crippen molar-refractivity contribution in [2.45, 2.75) is 0 Å². The predicted molar refractivity (Wildman–Crippen MR) is 76.4 cm³/mol. The number of hydrogen-bond acceptors (Lipinski definition) is 4. The molecule has 7 heteroatoms. The normalized spacial score (nSPS) is 11.9. The summed E-state index contributed by atoms with van der Waals surface area (Å²) >= 11 is 5.87. The highest BCUT2D eigenvalue weighted by Crippen LogP contribution is 2.20. The molecule has 3 rings (SSSR count). The standard InChI is InChI=1S/C13H10ClN5O/c14-9-6-16-19(7-9)13-10(12(15)18-20)5-8-3-1-2-4-11(8)17-13/h1-7,20H,(H2,15,18). The van der Waals surface area contributed by atoms with E-state index in [1.165, 1.54) is 10.9 Å². The zero-order chi connectivity index (χ0) is 14.1. The Labute approximate surface area is 119 Å². The number of nitrogens with two attached hydrogens (primary N) is 1. The number of amidine groups is 1. The van der Waals surface area contributed by atoms with Gasteiger partial charge in [-0.3, -0.25) is 0 Å². The Morgan fingerprint density at radius 3 is 2.85 bits per heavy atom. The van der Waals surface area contributed by atoms with Crippen LogP contribution in [0.3, 0.4) is 0 Å². The molecule has 0 spiro atoms. The lowest BCUT2D eigenvalue weighted by Crippen LogP contribution is -2.17. The Bertz CT molecular complexity index is 811. The zero-order valence-electron chi connectivity index (χ0n) is 10.2. The molecule has 0 fully saturated rings. The van der Waals surface area contributed by atoms with Crippen molar-refractivity contribution < 1.29 is 5.21 Å². The van der Waals surface area contributed by atoms with Crippen molar-refractivity contribution in [1.29, 1.82) is 0 Å². The summed E-state index contributed by atoms with van der Waals surface area (Å²) in [5.74, 6) is 0.413. The fraction of sp³-hybridized carbons (Fsp3) is 0. The van der Waals surface area contributed by atoms with Crippen LogP contribution in [0.15, 0.2) is 47.9 Å². The molecule has 3 N–H and O–H groups in total. The van der Waals surface area contributed by atoms with Crippen LogP contribution in [-0.2, 0) is 0 Å². The van der Waals surface area contributed by atoms with Crippen LogP contribution in [0.5, 0.6) is 0 Å². The molecule has 0 saturated carbocycles. The molecule has 0 aliphatic heterocycles. The summed E-state index contributed by atoms with van der Waals surface area (Å²) in [6, 6.07) is 9.35. The van der Waals surface area contributed by atoms with Crippen molar-refractivity contribution in [1.82, 2.24) is 14.8 Å². The van der Waals surface area contributed by atoms with E-state index in [-0.39, 0.29) is 5.84 Å². The van der Waals surface area contributed by atoms with Gasteiger partial charge in [0.15, 0.2) is 11.7 Å². The average molecular weight is 288 g/mol. The monoisotopic (exact) mass is 287 g/mol. The second kappa shape index (κ2) is 4.82. The Morgan fingerprint density at radius 2 is 2.15 bits per heavy atom. The van der Waals surface area contributed by atoms with Crippen LogP contribution in [0, 0.1) is 0 Å². The third-order valence-corrected chi connectivity index (χ3v) is 3.05. The van der Waals surface area contributed by atoms with E-state index in [1.54, 1.807) is 12.3 Å². The van der Waals surface area contributed by atoms with Gasteiger partial charge in [0.25, 0.3) is 0 Å². The van der Waals surface area contributed by atoms with E-state index in [2.05, 4.69) is 15.2 Å². The summed E-state index contributed by atoms with van der Waals surface area (Å²) < 4.78 is 1.49. The molecule has 2 aromatic heterocycles. The number of halogens is 1. The predicted octanol–water partition coefficient (Wildman–Crippen LogP) is 2.17. The maximum absolute atomic E-state index is 8.92. The van der Waals surface area contributed by atoms with Crippen LogP contribution in [0.2, 0.25) is 5.02 Å². The molecule has 2 heterocycles. The van der Waals surface area contributed by atoms with E-state index in [0.29, 0.717) is 16.4 Å². The topological polar surface area (TPSA) is 89.3 Å². The summed E-state index contributed by atoms with van der Waals surface area (Å²) in [4.78, 5) is 4.50. The van der Waals surface area contributed by atoms with Crippen molar-refractivity contribution >= 4 is 28.3 Å². The van der Waals surface area contributed by atoms with Crippen molar-refractivity contribution in [3.63, 3.8) is 0 Å². The second-order valence-corrected chi connectivity index (χ2v) is 4.58. The van der Waals surface area contributed by atoms with Gasteiger partial charge in [-0.25, -0.2) is 9.67 Å². The number of pyridine rings is 1. The van der Waals surface area contributed by atoms with E-state index >= 15 is 0 Å². The lowest BCUT2D eigenvalue weighted by atomic mass is 10.1. The molecular formula is C13H10ClN5O. The minimum absolute atomic E-state index is 0.0372. The number of aromatic nitrogens is 3. The lowest BCUT2D eigenvalue weighted by Gasteiger charge is -2.09. The van der Waals surface area contributed by atoms with Gasteiger partial charge in [-0.15, -0.1) is 0 Å². The molecule has 0 aliphatic carbocycles. The number of rotatable bonds is 2. The van der Waals surface area contributed by atoms with Crippen molar-refractivity contribution in [3.8, 4) is 5.82 Å². The van der Waals surface area contributed by atoms with Gasteiger partial charge >= 0.3 is 0 Å². The molecule has 3 aromatic rings. The van der Waals surface area contributed by atoms with E-state index in [4.69, 9.17) is 22.5 Å². The first-order chi connectivity index (χ1) is 9.69. The van der Waals surface area contributed by atoms with E-state index in [0.717, 1.165) is 10.9 Å². The fourth-order valence-electron chi connectivity index (χ4n) is 1.94. The van der Waals surface area contributed by atoms with Crippen molar-refractivity contribution in [2.24, 2.45) is 10.9 Å². The van der Waals surface area contributed by atoms with Crippen LogP contribution >= 0.6 is 11.6 Å². The maximum Gasteiger partial charge on any atom is 0.173 e. The number of benzene rings is 1. The van der Waals surface area contributed by atoms with Crippen molar-refractivity contribution in [2.75, 3.05) is 0 Å². The van der Waals surface area contributed by atoms with Gasteiger partial charge in [-0.05, 0) is 12.1 Å². The molecule has 0 amide bonds. The third-order valence-electron chi connectivity index (χ3n) is 2.86. The van der Waals surface area contributed by atoms with Gasteiger partial charge in [0.05, 0.1) is 28.5 Å². The molecule has 0 aliphatic rings. The first-order valence-electron chi connectivity index (χ1n) is 5.77. The van der Waals surface area contributed by atoms with Gasteiger partial charge in [-0.2, -0.15) is 5.10 Å². The lowest BCUT2D eigenvalue weighted by molar-refractivity contribution is 0.318. The quantitative estimate of drug-likeness (QED) is 0.327. The van der Waals surface area contributed by atoms with Crippen LogP contribution in [0.25, 0.3) is 16.7 Å². The molecule has 0 saturated heterocycles. The fourth-order valence-corrected chi connectivity index (χ4v) is 2.08. The Balaban J connectivity index is 2.32. The zero-order valence-corrected chi connectivity index (χ0v) is 11.0. The Morgan fingerprint density at radius 1 is 1.35 bits per heavy atom. The summed E-state index contributed by atoms with van der Waals surface area (Å²) in [6.45, 7) is 0. The number of para-hydroxylation sites is 1. The van der Waals surface area contributed by atoms with Crippen LogP contribution in [0.1, 0.15) is 5.56 Å². The van der Waals surface area contributed by atoms with Crippen LogP contribution in [0.4, 0.5) is 0 Å². The van der Waals surface area contributed by atoms with Gasteiger partial charge in [-0.1, -0.05) is 35.0 Å². The number of fused-ring (bicyclic) bond motifs is 1. The Hall–Kier alpha value is -2.60. The first kappa shape index (κ1) is 12.4. The van der Waals surface area contributed by atoms with Gasteiger partial charge in [0, 0.05) is 5.39 Å². The summed E-state index contributed by atoms with van der Waals surface area (Å²) in [7, 11) is 0. The molecule has 1 aromatic carbocycles. The molecule has 0 atom stereocenters. The molecular weight excluding hydrogens is 278 g/mol. The summed E-state index contributed by atoms with van der Waals surface area (Å²) in [6.07, 6.45) is 3.10. The number of oxime groups is 1. The molecule has 0 bridgehead atoms. The van der Waals surface area contributed by atoms with Crippen LogP contribution in [-0.4, -0.2) is 25.8 Å².